The molecule has 0 spiro atoms. The van der Waals surface area contributed by atoms with Crippen molar-refractivity contribution < 1.29 is 24.4 Å². The molecular formula is C19H27N5O6. The number of aliphatic hydroxyl groups is 1. The number of carbonyl (C=O) groups excluding carboxylic acids is 2. The zero-order valence-electron chi connectivity index (χ0n) is 17.3. The van der Waals surface area contributed by atoms with Crippen molar-refractivity contribution in [1.29, 1.82) is 5.26 Å². The highest BCUT2D eigenvalue weighted by Gasteiger charge is 2.22. The highest BCUT2D eigenvalue weighted by atomic mass is 16.6. The van der Waals surface area contributed by atoms with E-state index < -0.39 is 35.2 Å². The summed E-state index contributed by atoms with van der Waals surface area (Å²) in [6.07, 6.45) is 1.44. The number of hydrogen-bond donors (Lipinski definition) is 3. The van der Waals surface area contributed by atoms with Crippen molar-refractivity contribution >= 4 is 23.4 Å². The molecule has 30 heavy (non-hydrogen) atoms. The van der Waals surface area contributed by atoms with E-state index in [1.54, 1.807) is 26.8 Å². The third kappa shape index (κ3) is 7.92. The fourth-order valence-electron chi connectivity index (χ4n) is 2.62. The third-order valence-corrected chi connectivity index (χ3v) is 3.98. The van der Waals surface area contributed by atoms with Crippen molar-refractivity contribution in [1.82, 2.24) is 5.32 Å². The number of ether oxygens (including phenoxy) is 1. The number of carbonyl (C=O) groups is 2. The minimum absolute atomic E-state index is 0.0282. The maximum Gasteiger partial charge on any atom is 0.408 e. The first-order valence-electron chi connectivity index (χ1n) is 9.31. The fraction of sp³-hybridized carbons (Fsp3) is 0.526. The van der Waals surface area contributed by atoms with E-state index >= 15 is 0 Å². The zero-order chi connectivity index (χ0) is 22.9. The molecule has 1 aromatic carbocycles. The Hall–Kier alpha value is -3.39. The van der Waals surface area contributed by atoms with Gasteiger partial charge in [-0.05, 0) is 39.7 Å². The maximum absolute atomic E-state index is 11.1. The predicted molar refractivity (Wildman–Crippen MR) is 109 cm³/mol. The lowest BCUT2D eigenvalue weighted by molar-refractivity contribution is -0.384. The number of amides is 2. The Morgan fingerprint density at radius 3 is 2.43 bits per heavy atom. The van der Waals surface area contributed by atoms with Crippen molar-refractivity contribution in [2.24, 2.45) is 5.73 Å². The number of alkyl carbamates (subject to hydrolysis) is 1. The minimum Gasteiger partial charge on any atom is -0.444 e. The van der Waals surface area contributed by atoms with Crippen molar-refractivity contribution in [3.8, 4) is 6.07 Å². The Morgan fingerprint density at radius 1 is 1.40 bits per heavy atom. The first-order chi connectivity index (χ1) is 14.0. The summed E-state index contributed by atoms with van der Waals surface area (Å²) in [6, 6.07) is 5.38. The van der Waals surface area contributed by atoms with Crippen LogP contribution < -0.4 is 16.0 Å². The fourth-order valence-corrected chi connectivity index (χ4v) is 2.62. The smallest absolute Gasteiger partial charge is 0.408 e. The molecule has 0 aromatic heterocycles. The molecule has 0 unspecified atom stereocenters. The number of nitro groups is 1. The van der Waals surface area contributed by atoms with E-state index in [0.29, 0.717) is 5.56 Å². The first kappa shape index (κ1) is 24.6. The van der Waals surface area contributed by atoms with Crippen LogP contribution in [0.15, 0.2) is 18.2 Å². The summed E-state index contributed by atoms with van der Waals surface area (Å²) in [4.78, 5) is 33.9. The normalized spacial score (nSPS) is 14.0. The van der Waals surface area contributed by atoms with Crippen LogP contribution in [0.3, 0.4) is 0 Å². The molecule has 2 amide bonds. The summed E-state index contributed by atoms with van der Waals surface area (Å²) in [5, 5.41) is 30.4. The second kappa shape index (κ2) is 11.0. The molecule has 0 radical (unpaired) electrons. The van der Waals surface area contributed by atoms with Crippen LogP contribution in [0.25, 0.3) is 0 Å². The molecule has 11 nitrogen and oxygen atoms in total. The van der Waals surface area contributed by atoms with E-state index in [1.807, 2.05) is 6.07 Å². The second-order valence-corrected chi connectivity index (χ2v) is 7.55. The van der Waals surface area contributed by atoms with Gasteiger partial charge in [-0.1, -0.05) is 0 Å². The number of nitriles is 1. The number of rotatable bonds is 5. The van der Waals surface area contributed by atoms with Crippen LogP contribution in [0.1, 0.15) is 39.2 Å². The summed E-state index contributed by atoms with van der Waals surface area (Å²) in [7, 11) is 0. The number of non-ortho nitro benzene ring substituents is 1. The Morgan fingerprint density at radius 2 is 2.00 bits per heavy atom. The first-order valence-corrected chi connectivity index (χ1v) is 9.31. The second-order valence-electron chi connectivity index (χ2n) is 7.55. The average molecular weight is 421 g/mol. The van der Waals surface area contributed by atoms with Gasteiger partial charge in [0.15, 0.2) is 0 Å². The maximum atomic E-state index is 11.1. The van der Waals surface area contributed by atoms with Gasteiger partial charge in [0.25, 0.3) is 5.69 Å². The van der Waals surface area contributed by atoms with E-state index in [1.165, 1.54) is 12.1 Å². The summed E-state index contributed by atoms with van der Waals surface area (Å²) in [5.41, 5.74) is 5.41. The molecule has 4 N–H and O–H groups in total. The largest absolute Gasteiger partial charge is 0.444 e. The van der Waals surface area contributed by atoms with Gasteiger partial charge in [-0.15, -0.1) is 0 Å². The van der Waals surface area contributed by atoms with E-state index in [-0.39, 0.29) is 5.69 Å². The molecule has 0 aliphatic carbocycles. The van der Waals surface area contributed by atoms with Crippen LogP contribution in [-0.2, 0) is 9.53 Å². The summed E-state index contributed by atoms with van der Waals surface area (Å²) in [5.74, 6) is -0.807. The molecular weight excluding hydrogens is 394 g/mol. The van der Waals surface area contributed by atoms with Gasteiger partial charge in [-0.2, -0.15) is 5.26 Å². The van der Waals surface area contributed by atoms with Crippen LogP contribution >= 0.6 is 0 Å². The van der Waals surface area contributed by atoms with Crippen LogP contribution in [0.5, 0.6) is 0 Å². The number of nitrogens with one attached hydrogen (secondary N) is 1. The van der Waals surface area contributed by atoms with Gasteiger partial charge in [0.05, 0.1) is 22.8 Å². The minimum atomic E-state index is -1.11. The number of nitro benzene ring substituents is 1. The lowest BCUT2D eigenvalue weighted by atomic mass is 10.1. The molecule has 2 rings (SSSR count). The predicted octanol–water partition coefficient (Wildman–Crippen LogP) is 1.42. The molecule has 1 aromatic rings. The summed E-state index contributed by atoms with van der Waals surface area (Å²) in [6.45, 7) is 6.36. The number of nitrogens with two attached hydrogens (primary N) is 1. The SMILES string of the molecule is CC(C)(C)OC(=O)N[C@@H](CO)C(N)=O.N#Cc1cc([N+](=O)[O-])ccc1N1CCCC1. The summed E-state index contributed by atoms with van der Waals surface area (Å²) >= 11 is 0. The average Bonchev–Trinajstić information content (AvgIpc) is 3.18. The Kier molecular flexibility index (Phi) is 9.01. The Bertz CT molecular complexity index is 809. The van der Waals surface area contributed by atoms with E-state index in [9.17, 15) is 19.7 Å². The Labute approximate surface area is 174 Å². The molecule has 1 aliphatic rings. The Balaban J connectivity index is 0.000000304. The highest BCUT2D eigenvalue weighted by Crippen LogP contribution is 2.27. The van der Waals surface area contributed by atoms with Crippen molar-refractivity contribution in [3.05, 3.63) is 33.9 Å². The van der Waals surface area contributed by atoms with Gasteiger partial charge in [0.1, 0.15) is 17.7 Å². The van der Waals surface area contributed by atoms with Gasteiger partial charge < -0.3 is 25.8 Å². The van der Waals surface area contributed by atoms with Crippen molar-refractivity contribution in [2.45, 2.75) is 45.3 Å². The molecule has 0 saturated carbocycles. The number of primary amides is 1. The zero-order valence-corrected chi connectivity index (χ0v) is 17.3. The lowest BCUT2D eigenvalue weighted by Crippen LogP contribution is -2.48. The molecule has 1 fully saturated rings. The molecule has 0 bridgehead atoms. The van der Waals surface area contributed by atoms with Crippen LogP contribution in [0, 0.1) is 21.4 Å². The quantitative estimate of drug-likeness (QED) is 0.473. The standard InChI is InChI=1S/C11H11N3O2.C8H16N2O4/c12-8-9-7-10(14(15)16)3-4-11(9)13-5-1-2-6-13;1-8(2,3)14-7(13)10-5(4-11)6(9)12/h3-4,7H,1-2,5-6H2;5,11H,4H2,1-3H3,(H2,9,12)(H,10,13)/t;5-/m.0/s1. The number of nitrogens with zero attached hydrogens (tertiary/aromatic N) is 3. The highest BCUT2D eigenvalue weighted by molar-refractivity contribution is 5.84. The number of aliphatic hydroxyl groups excluding tert-OH is 1. The van der Waals surface area contributed by atoms with Crippen LogP contribution in [0.2, 0.25) is 0 Å². The molecule has 1 heterocycles. The lowest BCUT2D eigenvalue weighted by Gasteiger charge is -2.21. The van der Waals surface area contributed by atoms with Crippen LogP contribution in [-0.4, -0.2) is 53.4 Å². The summed E-state index contributed by atoms with van der Waals surface area (Å²) < 4.78 is 4.85. The van der Waals surface area contributed by atoms with Crippen molar-refractivity contribution in [3.63, 3.8) is 0 Å². The van der Waals surface area contributed by atoms with E-state index in [4.69, 9.17) is 20.8 Å². The topological polar surface area (TPSA) is 172 Å². The molecule has 1 saturated heterocycles. The van der Waals surface area contributed by atoms with Gasteiger partial charge in [-0.3, -0.25) is 14.9 Å². The third-order valence-electron chi connectivity index (χ3n) is 3.98. The molecule has 164 valence electrons. The van der Waals surface area contributed by atoms with Gasteiger partial charge in [0.2, 0.25) is 5.91 Å². The van der Waals surface area contributed by atoms with Crippen molar-refractivity contribution in [2.75, 3.05) is 24.6 Å². The van der Waals surface area contributed by atoms with E-state index in [0.717, 1.165) is 31.6 Å². The molecule has 11 heteroatoms. The number of anilines is 1. The van der Waals surface area contributed by atoms with Gasteiger partial charge >= 0.3 is 6.09 Å². The molecule has 1 atom stereocenters. The van der Waals surface area contributed by atoms with Gasteiger partial charge in [0, 0.05) is 25.2 Å². The van der Waals surface area contributed by atoms with Gasteiger partial charge in [-0.25, -0.2) is 4.79 Å². The van der Waals surface area contributed by atoms with Crippen LogP contribution in [0.4, 0.5) is 16.2 Å². The molecule has 1 aliphatic heterocycles. The number of hydrogen-bond acceptors (Lipinski definition) is 8. The number of benzene rings is 1. The van der Waals surface area contributed by atoms with E-state index in [2.05, 4.69) is 10.2 Å². The monoisotopic (exact) mass is 421 g/mol.